The molecule has 0 atom stereocenters. The van der Waals surface area contributed by atoms with Crippen molar-refractivity contribution in [3.8, 4) is 0 Å². The molecule has 45 heavy (non-hydrogen) atoms. The van der Waals surface area contributed by atoms with E-state index in [4.69, 9.17) is 4.42 Å². The minimum absolute atomic E-state index is 0.916. The van der Waals surface area contributed by atoms with Gasteiger partial charge in [-0.05, 0) is 0 Å². The van der Waals surface area contributed by atoms with E-state index in [2.05, 4.69) is 182 Å². The minimum atomic E-state index is -2.52. The summed E-state index contributed by atoms with van der Waals surface area (Å²) in [6.07, 6.45) is 5.90. The van der Waals surface area contributed by atoms with Crippen molar-refractivity contribution in [3.63, 3.8) is 0 Å². The van der Waals surface area contributed by atoms with E-state index in [1.54, 1.807) is 0 Å². The predicted molar refractivity (Wildman–Crippen MR) is 199 cm³/mol. The van der Waals surface area contributed by atoms with Crippen LogP contribution in [0.1, 0.15) is 11.1 Å². The molecule has 0 amide bonds. The van der Waals surface area contributed by atoms with Crippen LogP contribution in [0.4, 0.5) is 0 Å². The maximum atomic E-state index is 6.20. The van der Waals surface area contributed by atoms with Crippen molar-refractivity contribution >= 4 is 46.4 Å². The van der Waals surface area contributed by atoms with Crippen LogP contribution in [0.5, 0.6) is 0 Å². The number of benzene rings is 6. The van der Waals surface area contributed by atoms with E-state index in [9.17, 15) is 0 Å². The van der Waals surface area contributed by atoms with Gasteiger partial charge in [-0.3, -0.25) is 0 Å². The zero-order chi connectivity index (χ0) is 30.4. The normalized spacial score (nSPS) is 12.4. The van der Waals surface area contributed by atoms with Gasteiger partial charge in [0.15, 0.2) is 0 Å². The Morgan fingerprint density at radius 3 is 0.689 bits per heavy atom. The van der Waals surface area contributed by atoms with E-state index in [-0.39, 0.29) is 0 Å². The van der Waals surface area contributed by atoms with Crippen LogP contribution in [0, 0.1) is 0 Å². The maximum absolute atomic E-state index is 6.20. The summed E-state index contributed by atoms with van der Waals surface area (Å²) in [5, 5.41) is 8.46. The standard InChI is InChI=1S/C42H38OP2/c1-7-19-37(20-8-1)44(38-21-9-2-10-22-38,39-23-11-3-12-24-39)33-35-31-43-32-36(35)34-45(40-25-13-4-14-26-40,41-27-15-5-16-28-41)42-29-17-6-18-30-42/h1-32,44-45H,33-34H2. The Kier molecular flexibility index (Phi) is 8.57. The van der Waals surface area contributed by atoms with Crippen molar-refractivity contribution in [1.82, 2.24) is 0 Å². The average molecular weight is 621 g/mol. The second-order valence-corrected chi connectivity index (χ2v) is 19.6. The quantitative estimate of drug-likeness (QED) is 0.143. The van der Waals surface area contributed by atoms with Crippen LogP contribution in [0.15, 0.2) is 199 Å². The first-order chi connectivity index (χ1) is 22.3. The fourth-order valence-corrected chi connectivity index (χ4v) is 16.7. The van der Waals surface area contributed by atoms with Crippen LogP contribution in [0.25, 0.3) is 0 Å². The van der Waals surface area contributed by atoms with Gasteiger partial charge >= 0.3 is 269 Å². The second kappa shape index (κ2) is 13.2. The van der Waals surface area contributed by atoms with Gasteiger partial charge in [0.2, 0.25) is 0 Å². The molecule has 0 aliphatic rings. The van der Waals surface area contributed by atoms with E-state index in [0.29, 0.717) is 0 Å². The topological polar surface area (TPSA) is 13.1 Å². The first-order valence-corrected chi connectivity index (χ1v) is 20.1. The van der Waals surface area contributed by atoms with Crippen LogP contribution in [-0.4, -0.2) is 0 Å². The summed E-state index contributed by atoms with van der Waals surface area (Å²) in [6, 6.07) is 67.1. The Bertz CT molecular complexity index is 1590. The van der Waals surface area contributed by atoms with Crippen molar-refractivity contribution in [1.29, 1.82) is 0 Å². The van der Waals surface area contributed by atoms with E-state index >= 15 is 0 Å². The monoisotopic (exact) mass is 620 g/mol. The SMILES string of the molecule is c1ccc([PH](Cc2cocc2C[PH](c2ccccc2)(c2ccccc2)c2ccccc2)(c2ccccc2)c2ccccc2)cc1. The van der Waals surface area contributed by atoms with Gasteiger partial charge in [-0.1, -0.05) is 0 Å². The van der Waals surface area contributed by atoms with Crippen molar-refractivity contribution in [3.05, 3.63) is 206 Å². The van der Waals surface area contributed by atoms with E-state index in [0.717, 1.165) is 12.3 Å². The summed E-state index contributed by atoms with van der Waals surface area (Å²) in [6.45, 7) is 0. The zero-order valence-corrected chi connectivity index (χ0v) is 27.3. The zero-order valence-electron chi connectivity index (χ0n) is 25.3. The molecule has 0 aliphatic carbocycles. The Morgan fingerprint density at radius 1 is 0.289 bits per heavy atom. The van der Waals surface area contributed by atoms with E-state index in [1.165, 1.54) is 43.0 Å². The van der Waals surface area contributed by atoms with Crippen molar-refractivity contribution in [2.45, 2.75) is 12.3 Å². The molecule has 222 valence electrons. The molecule has 0 spiro atoms. The van der Waals surface area contributed by atoms with Gasteiger partial charge in [0.25, 0.3) is 0 Å². The fraction of sp³-hybridized carbons (Fsp3) is 0.0476. The van der Waals surface area contributed by atoms with Crippen molar-refractivity contribution in [2.24, 2.45) is 0 Å². The number of furan rings is 1. The molecular weight excluding hydrogens is 582 g/mol. The Morgan fingerprint density at radius 2 is 0.489 bits per heavy atom. The molecule has 7 aromatic rings. The summed E-state index contributed by atoms with van der Waals surface area (Å²) >= 11 is 0. The molecule has 1 nitrogen and oxygen atoms in total. The molecule has 0 saturated carbocycles. The molecule has 0 unspecified atom stereocenters. The number of hydrogen-bond donors (Lipinski definition) is 0. The van der Waals surface area contributed by atoms with Gasteiger partial charge < -0.3 is 0 Å². The van der Waals surface area contributed by atoms with Gasteiger partial charge in [-0.2, -0.15) is 0 Å². The molecule has 1 heterocycles. The summed E-state index contributed by atoms with van der Waals surface area (Å²) in [4.78, 5) is 0. The van der Waals surface area contributed by atoms with Gasteiger partial charge in [-0.15, -0.1) is 0 Å². The molecule has 7 rings (SSSR count). The Balaban J connectivity index is 1.44. The second-order valence-electron chi connectivity index (χ2n) is 11.8. The first kappa shape index (κ1) is 29.2. The van der Waals surface area contributed by atoms with Gasteiger partial charge in [0.05, 0.1) is 0 Å². The van der Waals surface area contributed by atoms with Crippen molar-refractivity contribution < 1.29 is 4.42 Å². The predicted octanol–water partition coefficient (Wildman–Crippen LogP) is 7.73. The van der Waals surface area contributed by atoms with E-state index in [1.807, 2.05) is 12.5 Å². The summed E-state index contributed by atoms with van der Waals surface area (Å²) < 4.78 is 6.20. The average Bonchev–Trinajstić information content (AvgIpc) is 3.57. The van der Waals surface area contributed by atoms with Crippen LogP contribution in [0.2, 0.25) is 0 Å². The fourth-order valence-electron chi connectivity index (χ4n) is 7.18. The molecule has 3 heteroatoms. The third-order valence-electron chi connectivity index (χ3n) is 9.34. The molecule has 0 saturated heterocycles. The first-order valence-electron chi connectivity index (χ1n) is 15.7. The van der Waals surface area contributed by atoms with Gasteiger partial charge in [-0.25, -0.2) is 0 Å². The molecule has 0 aliphatic heterocycles. The van der Waals surface area contributed by atoms with Crippen LogP contribution >= 0.6 is 14.5 Å². The van der Waals surface area contributed by atoms with Crippen LogP contribution in [0.3, 0.4) is 0 Å². The Labute approximate surface area is 267 Å². The number of rotatable bonds is 10. The molecule has 0 bridgehead atoms. The third kappa shape index (κ3) is 5.60. The van der Waals surface area contributed by atoms with Gasteiger partial charge in [0, 0.05) is 0 Å². The van der Waals surface area contributed by atoms with E-state index < -0.39 is 14.5 Å². The van der Waals surface area contributed by atoms with Crippen LogP contribution in [-0.2, 0) is 12.3 Å². The molecule has 6 aromatic carbocycles. The Hall–Kier alpha value is -4.54. The summed E-state index contributed by atoms with van der Waals surface area (Å²) in [5.74, 6) is 0. The third-order valence-corrected chi connectivity index (χ3v) is 19.1. The molecule has 0 N–H and O–H groups in total. The van der Waals surface area contributed by atoms with Crippen LogP contribution < -0.4 is 31.8 Å². The molecule has 0 radical (unpaired) electrons. The summed E-state index contributed by atoms with van der Waals surface area (Å²) in [7, 11) is -5.04. The molecule has 0 fully saturated rings. The molecule has 1 aromatic heterocycles. The summed E-state index contributed by atoms with van der Waals surface area (Å²) in [5.41, 5.74) is 2.61. The van der Waals surface area contributed by atoms with Gasteiger partial charge in [0.1, 0.15) is 0 Å². The number of hydrogen-bond acceptors (Lipinski definition) is 1. The van der Waals surface area contributed by atoms with Crippen molar-refractivity contribution in [2.75, 3.05) is 0 Å². The molecular formula is C42H38OP2.